The highest BCUT2D eigenvalue weighted by Crippen LogP contribution is 2.60. The molecule has 5 N–H and O–H groups in total. The molecule has 0 spiro atoms. The lowest BCUT2D eigenvalue weighted by atomic mass is 9.72. The van der Waals surface area contributed by atoms with Gasteiger partial charge in [0.1, 0.15) is 17.2 Å². The number of hydrogen-bond donors (Lipinski definition) is 5. The average molecular weight is 647 g/mol. The molecule has 2 bridgehead atoms. The van der Waals surface area contributed by atoms with E-state index in [4.69, 9.17) is 4.74 Å². The summed E-state index contributed by atoms with van der Waals surface area (Å²) < 4.78 is 95.9. The summed E-state index contributed by atoms with van der Waals surface area (Å²) in [7, 11) is 1.38. The lowest BCUT2D eigenvalue weighted by Gasteiger charge is -2.38. The molecule has 2 aliphatic carbocycles. The molecule has 1 heterocycles. The quantitative estimate of drug-likeness (QED) is 0.0864. The van der Waals surface area contributed by atoms with Gasteiger partial charge in [-0.15, -0.1) is 0 Å². The number of phenols is 2. The Morgan fingerprint density at radius 3 is 1.83 bits per heavy atom. The van der Waals surface area contributed by atoms with Crippen molar-refractivity contribution in [2.75, 3.05) is 12.4 Å². The molecular formula is C32H24F6N2O6. The van der Waals surface area contributed by atoms with Crippen molar-refractivity contribution in [3.8, 4) is 34.7 Å². The van der Waals surface area contributed by atoms with E-state index in [1.807, 2.05) is 0 Å². The van der Waals surface area contributed by atoms with Crippen molar-refractivity contribution < 1.29 is 56.3 Å². The Kier molecular flexibility index (Phi) is 6.94. The number of alkyl halides is 6. The molecule has 8 nitrogen and oxygen atoms in total. The van der Waals surface area contributed by atoms with Crippen LogP contribution in [0.2, 0.25) is 0 Å². The number of allylic oxidation sites excluding steroid dienone is 2. The summed E-state index contributed by atoms with van der Waals surface area (Å²) in [6.45, 7) is 0. The molecular weight excluding hydrogens is 622 g/mol. The number of anilines is 1. The van der Waals surface area contributed by atoms with Crippen LogP contribution in [-0.2, 0) is 5.41 Å². The molecule has 2 unspecified atom stereocenters. The van der Waals surface area contributed by atoms with Gasteiger partial charge in [0.2, 0.25) is 17.2 Å². The average Bonchev–Trinajstić information content (AvgIpc) is 3.68. The van der Waals surface area contributed by atoms with Crippen molar-refractivity contribution in [1.82, 2.24) is 4.57 Å². The van der Waals surface area contributed by atoms with Gasteiger partial charge in [-0.05, 0) is 66.1 Å². The smallest absolute Gasteiger partial charge is 0.411 e. The number of rotatable bonds is 6. The number of carbonyl (C=O) groups is 1. The predicted octanol–water partition coefficient (Wildman–Crippen LogP) is 7.11. The van der Waals surface area contributed by atoms with E-state index in [1.54, 1.807) is 12.2 Å². The fraction of sp³-hybridized carbons (Fsp3) is 0.219. The van der Waals surface area contributed by atoms with Crippen LogP contribution >= 0.6 is 0 Å². The molecule has 1 aromatic heterocycles. The van der Waals surface area contributed by atoms with Crippen molar-refractivity contribution >= 4 is 11.6 Å². The van der Waals surface area contributed by atoms with Crippen molar-refractivity contribution in [1.29, 1.82) is 0 Å². The zero-order chi connectivity index (χ0) is 33.3. The van der Waals surface area contributed by atoms with Gasteiger partial charge in [0.05, 0.1) is 18.5 Å². The molecule has 2 aliphatic rings. The van der Waals surface area contributed by atoms with E-state index in [9.17, 15) is 25.2 Å². The Morgan fingerprint density at radius 2 is 1.30 bits per heavy atom. The van der Waals surface area contributed by atoms with Gasteiger partial charge in [0.25, 0.3) is 5.91 Å². The van der Waals surface area contributed by atoms with Gasteiger partial charge in [0.15, 0.2) is 0 Å². The molecule has 0 fully saturated rings. The molecule has 0 saturated carbocycles. The Morgan fingerprint density at radius 1 is 0.783 bits per heavy atom. The Balaban J connectivity index is 1.51. The normalized spacial score (nSPS) is 17.3. The molecule has 0 aliphatic heterocycles. The highest BCUT2D eigenvalue weighted by molar-refractivity contribution is 6.05. The van der Waals surface area contributed by atoms with E-state index in [0.717, 1.165) is 0 Å². The second-order valence-electron chi connectivity index (χ2n) is 11.0. The van der Waals surface area contributed by atoms with Crippen molar-refractivity contribution in [3.63, 3.8) is 0 Å². The van der Waals surface area contributed by atoms with Crippen LogP contribution in [0.4, 0.5) is 32.0 Å². The van der Waals surface area contributed by atoms with Crippen molar-refractivity contribution in [3.05, 3.63) is 101 Å². The number of nitrogens with one attached hydrogen (secondary N) is 1. The number of aromatic hydroxyl groups is 4. The van der Waals surface area contributed by atoms with Crippen LogP contribution in [0.15, 0.2) is 72.8 Å². The number of halogens is 6. The lowest BCUT2D eigenvalue weighted by molar-refractivity contribution is -0.288. The molecule has 3 aromatic carbocycles. The Bertz CT molecular complexity index is 1850. The van der Waals surface area contributed by atoms with Crippen LogP contribution in [0, 0.1) is 0 Å². The molecule has 14 heteroatoms. The van der Waals surface area contributed by atoms with Crippen LogP contribution in [-0.4, -0.2) is 50.4 Å². The third-order valence-corrected chi connectivity index (χ3v) is 8.55. The zero-order valence-corrected chi connectivity index (χ0v) is 23.6. The number of carbonyl (C=O) groups excluding carboxylic acids is 1. The maximum Gasteiger partial charge on any atom is 0.411 e. The van der Waals surface area contributed by atoms with Gasteiger partial charge in [-0.1, -0.05) is 24.3 Å². The summed E-state index contributed by atoms with van der Waals surface area (Å²) in [6, 6.07) is 8.20. The Hall–Kier alpha value is -5.27. The summed E-state index contributed by atoms with van der Waals surface area (Å²) in [5.41, 5.74) is -8.59. The van der Waals surface area contributed by atoms with E-state index in [0.29, 0.717) is 53.1 Å². The highest BCUT2D eigenvalue weighted by atomic mass is 19.4. The first-order chi connectivity index (χ1) is 21.6. The van der Waals surface area contributed by atoms with E-state index in [1.165, 1.54) is 31.4 Å². The molecule has 240 valence electrons. The summed E-state index contributed by atoms with van der Waals surface area (Å²) in [4.78, 5) is 12.8. The fourth-order valence-corrected chi connectivity index (χ4v) is 6.39. The molecule has 0 saturated heterocycles. The van der Waals surface area contributed by atoms with E-state index < -0.39 is 69.4 Å². The summed E-state index contributed by atoms with van der Waals surface area (Å²) in [6.07, 6.45) is -8.11. The van der Waals surface area contributed by atoms with Crippen LogP contribution < -0.4 is 10.1 Å². The van der Waals surface area contributed by atoms with E-state index in [2.05, 4.69) is 5.32 Å². The first kappa shape index (κ1) is 30.7. The SMILES string of the molecule is COc1ccc(C(=O)Nc2cc(C(c3ccc(O)c(-n4c(O)c5c(c4O)C4C=CC5C4)c3)(C(F)(F)F)C(F)(F)F)ccc2O)cc1. The maximum atomic E-state index is 15.1. The summed E-state index contributed by atoms with van der Waals surface area (Å²) >= 11 is 0. The van der Waals surface area contributed by atoms with Crippen LogP contribution in [0.1, 0.15) is 50.9 Å². The fourth-order valence-electron chi connectivity index (χ4n) is 6.39. The molecule has 0 radical (unpaired) electrons. The van der Waals surface area contributed by atoms with Crippen LogP contribution in [0.5, 0.6) is 29.0 Å². The standard InChI is InChI=1S/C32H24F6N2O6/c1-46-20-8-4-15(5-9-20)27(43)39-21-13-18(6-10-23(21)41)30(31(33,34)35,32(36,37)38)19-7-11-24(42)22(14-19)40-28(44)25-16-2-3-17(12-16)26(25)29(40)45/h2-11,13-14,16-17,41-42,44-45H,12H2,1H3,(H,39,43). The van der Waals surface area contributed by atoms with Gasteiger partial charge < -0.3 is 30.5 Å². The number of nitrogens with zero attached hydrogens (tertiary/aromatic N) is 1. The highest BCUT2D eigenvalue weighted by Gasteiger charge is 2.72. The van der Waals surface area contributed by atoms with Crippen LogP contribution in [0.3, 0.4) is 0 Å². The second kappa shape index (κ2) is 10.4. The van der Waals surface area contributed by atoms with Gasteiger partial charge in [0, 0.05) is 28.5 Å². The van der Waals surface area contributed by atoms with Crippen molar-refractivity contribution in [2.24, 2.45) is 0 Å². The summed E-state index contributed by atoms with van der Waals surface area (Å²) in [5.74, 6) is -4.11. The monoisotopic (exact) mass is 646 g/mol. The first-order valence-corrected chi connectivity index (χ1v) is 13.7. The number of methoxy groups -OCH3 is 1. The predicted molar refractivity (Wildman–Crippen MR) is 152 cm³/mol. The van der Waals surface area contributed by atoms with E-state index >= 15 is 26.3 Å². The lowest BCUT2D eigenvalue weighted by Crippen LogP contribution is -2.54. The number of amides is 1. The second-order valence-corrected chi connectivity index (χ2v) is 11.0. The summed E-state index contributed by atoms with van der Waals surface area (Å²) in [5, 5.41) is 45.1. The molecule has 4 aromatic rings. The molecule has 6 rings (SSSR count). The number of hydrogen-bond acceptors (Lipinski definition) is 6. The van der Waals surface area contributed by atoms with Crippen molar-refractivity contribution in [2.45, 2.75) is 36.0 Å². The van der Waals surface area contributed by atoms with Gasteiger partial charge in [-0.3, -0.25) is 4.79 Å². The topological polar surface area (TPSA) is 124 Å². The number of ether oxygens (including phenoxy) is 1. The molecule has 46 heavy (non-hydrogen) atoms. The van der Waals surface area contributed by atoms with Gasteiger partial charge >= 0.3 is 12.4 Å². The molecule has 2 atom stereocenters. The first-order valence-electron chi connectivity index (χ1n) is 13.7. The minimum Gasteiger partial charge on any atom is -0.506 e. The van der Waals surface area contributed by atoms with Gasteiger partial charge in [-0.25, -0.2) is 4.57 Å². The van der Waals surface area contributed by atoms with Crippen LogP contribution in [0.25, 0.3) is 5.69 Å². The minimum absolute atomic E-state index is 0.0337. The number of benzene rings is 3. The Labute approximate surface area is 256 Å². The number of phenolic OH excluding ortho intramolecular Hbond substituents is 2. The van der Waals surface area contributed by atoms with Gasteiger partial charge in [-0.2, -0.15) is 26.3 Å². The number of fused-ring (bicyclic) bond motifs is 5. The minimum atomic E-state index is -6.08. The third-order valence-electron chi connectivity index (χ3n) is 8.55. The number of aromatic nitrogens is 1. The zero-order valence-electron chi connectivity index (χ0n) is 23.6. The maximum absolute atomic E-state index is 15.1. The third kappa shape index (κ3) is 4.42. The molecule has 1 amide bonds. The van der Waals surface area contributed by atoms with E-state index in [-0.39, 0.29) is 28.5 Å². The largest absolute Gasteiger partial charge is 0.506 e.